The molecule has 4 nitrogen and oxygen atoms in total. The molecule has 0 spiro atoms. The first kappa shape index (κ1) is 20.0. The quantitative estimate of drug-likeness (QED) is 0.677. The summed E-state index contributed by atoms with van der Waals surface area (Å²) in [4.78, 5) is 26.2. The average Bonchev–Trinajstić information content (AvgIpc) is 2.61. The van der Waals surface area contributed by atoms with Gasteiger partial charge in [0.05, 0.1) is 16.8 Å². The third-order valence-corrected chi connectivity index (χ3v) is 4.99. The van der Waals surface area contributed by atoms with E-state index in [1.807, 2.05) is 44.2 Å². The normalized spacial score (nSPS) is 11.9. The molecule has 0 aliphatic carbocycles. The van der Waals surface area contributed by atoms with Crippen LogP contribution in [0.15, 0.2) is 53.4 Å². The smallest absolute Gasteiger partial charge is 0.256 e. The number of rotatable bonds is 7. The van der Waals surface area contributed by atoms with Crippen molar-refractivity contribution in [2.75, 3.05) is 5.32 Å². The van der Waals surface area contributed by atoms with Crippen LogP contribution >= 0.6 is 11.8 Å². The lowest BCUT2D eigenvalue weighted by molar-refractivity contribution is 0.0940. The Hall–Kier alpha value is -2.27. The average molecular weight is 371 g/mol. The van der Waals surface area contributed by atoms with Gasteiger partial charge in [-0.1, -0.05) is 45.0 Å². The number of hydrogen-bond acceptors (Lipinski definition) is 3. The number of carbonyl (C=O) groups is 2. The number of thioether (sulfide) groups is 1. The summed E-state index contributed by atoms with van der Waals surface area (Å²) in [5.41, 5.74) is 1.60. The zero-order valence-electron chi connectivity index (χ0n) is 15.7. The highest BCUT2D eigenvalue weighted by atomic mass is 32.2. The van der Waals surface area contributed by atoms with Gasteiger partial charge in [0.15, 0.2) is 0 Å². The van der Waals surface area contributed by atoms with Crippen LogP contribution in [0, 0.1) is 0 Å². The van der Waals surface area contributed by atoms with E-state index in [4.69, 9.17) is 0 Å². The van der Waals surface area contributed by atoms with Crippen molar-refractivity contribution in [2.24, 2.45) is 0 Å². The largest absolute Gasteiger partial charge is 0.350 e. The molecule has 2 aromatic rings. The SMILES string of the molecule is CC[C@@H](C)NC(=O)c1ccccc1NC(=O)c1ccccc1SC(C)C. The van der Waals surface area contributed by atoms with Crippen LogP contribution in [0.2, 0.25) is 0 Å². The number of nitrogens with one attached hydrogen (secondary N) is 2. The fourth-order valence-electron chi connectivity index (χ4n) is 2.39. The van der Waals surface area contributed by atoms with E-state index in [1.54, 1.807) is 30.0 Å². The molecule has 5 heteroatoms. The van der Waals surface area contributed by atoms with Crippen molar-refractivity contribution >= 4 is 29.3 Å². The molecule has 2 amide bonds. The molecule has 0 aromatic heterocycles. The van der Waals surface area contributed by atoms with Crippen molar-refractivity contribution in [2.45, 2.75) is 50.3 Å². The molecule has 0 aliphatic heterocycles. The lowest BCUT2D eigenvalue weighted by atomic mass is 10.1. The summed E-state index contributed by atoms with van der Waals surface area (Å²) < 4.78 is 0. The lowest BCUT2D eigenvalue weighted by Gasteiger charge is -2.15. The third-order valence-electron chi connectivity index (χ3n) is 3.90. The van der Waals surface area contributed by atoms with Crippen molar-refractivity contribution in [3.63, 3.8) is 0 Å². The summed E-state index contributed by atoms with van der Waals surface area (Å²) in [6.07, 6.45) is 0.847. The van der Waals surface area contributed by atoms with E-state index in [0.717, 1.165) is 11.3 Å². The highest BCUT2D eigenvalue weighted by Gasteiger charge is 2.17. The lowest BCUT2D eigenvalue weighted by Crippen LogP contribution is -2.32. The summed E-state index contributed by atoms with van der Waals surface area (Å²) in [6, 6.07) is 14.7. The summed E-state index contributed by atoms with van der Waals surface area (Å²) in [6.45, 7) is 8.15. The topological polar surface area (TPSA) is 58.2 Å². The van der Waals surface area contributed by atoms with Gasteiger partial charge in [-0.15, -0.1) is 11.8 Å². The van der Waals surface area contributed by atoms with Crippen LogP contribution < -0.4 is 10.6 Å². The monoisotopic (exact) mass is 370 g/mol. The fraction of sp³-hybridized carbons (Fsp3) is 0.333. The van der Waals surface area contributed by atoms with Crippen LogP contribution in [0.3, 0.4) is 0 Å². The predicted octanol–water partition coefficient (Wildman–Crippen LogP) is 4.97. The summed E-state index contributed by atoms with van der Waals surface area (Å²) in [5, 5.41) is 6.21. The Balaban J connectivity index is 2.24. The Labute approximate surface area is 159 Å². The van der Waals surface area contributed by atoms with E-state index in [2.05, 4.69) is 24.5 Å². The minimum atomic E-state index is -0.211. The third kappa shape index (κ3) is 5.36. The molecule has 138 valence electrons. The van der Waals surface area contributed by atoms with Gasteiger partial charge in [0.1, 0.15) is 0 Å². The van der Waals surface area contributed by atoms with Gasteiger partial charge in [-0.05, 0) is 37.6 Å². The van der Waals surface area contributed by atoms with Crippen LogP contribution in [-0.4, -0.2) is 23.1 Å². The summed E-state index contributed by atoms with van der Waals surface area (Å²) >= 11 is 1.65. The summed E-state index contributed by atoms with van der Waals surface area (Å²) in [5.74, 6) is -0.391. The second-order valence-electron chi connectivity index (χ2n) is 6.45. The molecule has 2 N–H and O–H groups in total. The number of amides is 2. The molecular weight excluding hydrogens is 344 g/mol. The van der Waals surface area contributed by atoms with E-state index in [1.165, 1.54) is 0 Å². The highest BCUT2D eigenvalue weighted by Crippen LogP contribution is 2.27. The minimum absolute atomic E-state index is 0.0782. The maximum absolute atomic E-state index is 12.8. The van der Waals surface area contributed by atoms with Gasteiger partial charge in [0.2, 0.25) is 0 Å². The molecular formula is C21H26N2O2S. The van der Waals surface area contributed by atoms with Gasteiger partial charge in [0, 0.05) is 16.2 Å². The van der Waals surface area contributed by atoms with Gasteiger partial charge in [-0.2, -0.15) is 0 Å². The van der Waals surface area contributed by atoms with E-state index in [0.29, 0.717) is 22.1 Å². The molecule has 1 atom stereocenters. The van der Waals surface area contributed by atoms with Crippen molar-refractivity contribution < 1.29 is 9.59 Å². The Bertz CT molecular complexity index is 774. The number of anilines is 1. The first-order valence-electron chi connectivity index (χ1n) is 8.89. The minimum Gasteiger partial charge on any atom is -0.350 e. The van der Waals surface area contributed by atoms with Crippen LogP contribution in [0.1, 0.15) is 54.8 Å². The summed E-state index contributed by atoms with van der Waals surface area (Å²) in [7, 11) is 0. The molecule has 2 aromatic carbocycles. The number of hydrogen-bond donors (Lipinski definition) is 2. The second-order valence-corrected chi connectivity index (χ2v) is 8.06. The molecule has 0 heterocycles. The zero-order valence-corrected chi connectivity index (χ0v) is 16.5. The van der Waals surface area contributed by atoms with Crippen molar-refractivity contribution in [1.82, 2.24) is 5.32 Å². The fourth-order valence-corrected chi connectivity index (χ4v) is 3.35. The van der Waals surface area contributed by atoms with Crippen molar-refractivity contribution in [3.05, 3.63) is 59.7 Å². The van der Waals surface area contributed by atoms with E-state index < -0.39 is 0 Å². The van der Waals surface area contributed by atoms with E-state index in [9.17, 15) is 9.59 Å². The first-order valence-corrected chi connectivity index (χ1v) is 9.77. The number of benzene rings is 2. The van der Waals surface area contributed by atoms with Gasteiger partial charge in [0.25, 0.3) is 11.8 Å². The van der Waals surface area contributed by atoms with Crippen molar-refractivity contribution in [1.29, 1.82) is 0 Å². The van der Waals surface area contributed by atoms with E-state index in [-0.39, 0.29) is 17.9 Å². The molecule has 0 radical (unpaired) electrons. The number of para-hydroxylation sites is 1. The maximum Gasteiger partial charge on any atom is 0.256 e. The van der Waals surface area contributed by atoms with Gasteiger partial charge in [-0.3, -0.25) is 9.59 Å². The Morgan fingerprint density at radius 2 is 1.54 bits per heavy atom. The second kappa shape index (κ2) is 9.43. The molecule has 0 bridgehead atoms. The maximum atomic E-state index is 12.8. The van der Waals surface area contributed by atoms with Crippen LogP contribution in [0.5, 0.6) is 0 Å². The Morgan fingerprint density at radius 3 is 2.19 bits per heavy atom. The molecule has 0 unspecified atom stereocenters. The van der Waals surface area contributed by atoms with Gasteiger partial charge >= 0.3 is 0 Å². The molecule has 0 fully saturated rings. The molecule has 26 heavy (non-hydrogen) atoms. The van der Waals surface area contributed by atoms with Gasteiger partial charge < -0.3 is 10.6 Å². The Morgan fingerprint density at radius 1 is 0.923 bits per heavy atom. The van der Waals surface area contributed by atoms with Crippen molar-refractivity contribution in [3.8, 4) is 0 Å². The Kier molecular flexibility index (Phi) is 7.27. The molecule has 0 saturated carbocycles. The van der Waals surface area contributed by atoms with Crippen LogP contribution in [0.4, 0.5) is 5.69 Å². The molecule has 0 saturated heterocycles. The first-order chi connectivity index (χ1) is 12.4. The highest BCUT2D eigenvalue weighted by molar-refractivity contribution is 8.00. The molecule has 0 aliphatic rings. The van der Waals surface area contributed by atoms with Gasteiger partial charge in [-0.25, -0.2) is 0 Å². The number of carbonyl (C=O) groups excluding carboxylic acids is 2. The zero-order chi connectivity index (χ0) is 19.1. The van der Waals surface area contributed by atoms with Crippen LogP contribution in [-0.2, 0) is 0 Å². The predicted molar refractivity (Wildman–Crippen MR) is 109 cm³/mol. The molecule has 2 rings (SSSR count). The van der Waals surface area contributed by atoms with Crippen LogP contribution in [0.25, 0.3) is 0 Å². The standard InChI is InChI=1S/C21H26N2O2S/c1-5-15(4)22-20(24)16-10-6-8-12-18(16)23-21(25)17-11-7-9-13-19(17)26-14(2)3/h6-15H,5H2,1-4H3,(H,22,24)(H,23,25)/t15-/m1/s1. The van der Waals surface area contributed by atoms with E-state index >= 15 is 0 Å².